The number of carbonyl (C=O) groups excluding carboxylic acids is 1. The summed E-state index contributed by atoms with van der Waals surface area (Å²) < 4.78 is 41.2. The Morgan fingerprint density at radius 3 is 2.71 bits per heavy atom. The minimum Gasteiger partial charge on any atom is -0.468 e. The minimum absolute atomic E-state index is 0.368. The Bertz CT molecular complexity index is 270. The van der Waals surface area contributed by atoms with Gasteiger partial charge in [0.1, 0.15) is 6.04 Å². The van der Waals surface area contributed by atoms with E-state index in [2.05, 4.69) is 4.74 Å². The van der Waals surface area contributed by atoms with E-state index in [-0.39, 0.29) is 0 Å². The lowest BCUT2D eigenvalue weighted by atomic mass is 10.0. The minimum atomic E-state index is -4.65. The number of likely N-dealkylation sites (tertiary alicyclic amines) is 1. The predicted octanol–water partition coefficient (Wildman–Crippen LogP) is 0.937. The molecule has 1 aliphatic rings. The molecule has 1 saturated heterocycles. The van der Waals surface area contributed by atoms with Gasteiger partial charge < -0.3 is 9.84 Å². The Kier molecular flexibility index (Phi) is 4.76. The smallest absolute Gasteiger partial charge is 0.415 e. The van der Waals surface area contributed by atoms with Crippen LogP contribution in [0.15, 0.2) is 0 Å². The molecule has 0 aromatic heterocycles. The fraction of sp³-hybridized carbons (Fsp3) is 0.900. The molecule has 0 aromatic carbocycles. The van der Waals surface area contributed by atoms with Crippen molar-refractivity contribution in [3.63, 3.8) is 0 Å². The van der Waals surface area contributed by atoms with Crippen molar-refractivity contribution >= 4 is 5.97 Å². The summed E-state index contributed by atoms with van der Waals surface area (Å²) in [6, 6.07) is -0.675. The first kappa shape index (κ1) is 14.2. The number of aliphatic hydroxyl groups excluding tert-OH is 1. The lowest BCUT2D eigenvalue weighted by Crippen LogP contribution is -2.50. The molecule has 0 aliphatic carbocycles. The van der Waals surface area contributed by atoms with Gasteiger partial charge in [-0.15, -0.1) is 0 Å². The molecular weight excluding hydrogens is 239 g/mol. The highest BCUT2D eigenvalue weighted by Gasteiger charge is 2.41. The van der Waals surface area contributed by atoms with Crippen molar-refractivity contribution in [2.24, 2.45) is 0 Å². The summed E-state index contributed by atoms with van der Waals surface area (Å²) in [4.78, 5) is 12.7. The van der Waals surface area contributed by atoms with E-state index < -0.39 is 30.8 Å². The topological polar surface area (TPSA) is 49.8 Å². The van der Waals surface area contributed by atoms with E-state index in [4.69, 9.17) is 5.11 Å². The molecule has 7 heteroatoms. The number of hydrogen-bond acceptors (Lipinski definition) is 4. The first-order valence-corrected chi connectivity index (χ1v) is 5.43. The first-order valence-electron chi connectivity index (χ1n) is 5.43. The summed E-state index contributed by atoms with van der Waals surface area (Å²) in [5.41, 5.74) is 0. The highest BCUT2D eigenvalue weighted by atomic mass is 19.4. The maximum absolute atomic E-state index is 12.2. The molecule has 100 valence electrons. The molecule has 2 unspecified atom stereocenters. The third kappa shape index (κ3) is 3.85. The molecule has 1 aliphatic heterocycles. The van der Waals surface area contributed by atoms with Crippen molar-refractivity contribution in [1.82, 2.24) is 4.90 Å². The van der Waals surface area contributed by atoms with Gasteiger partial charge in [-0.05, 0) is 19.4 Å². The molecule has 0 bridgehead atoms. The summed E-state index contributed by atoms with van der Waals surface area (Å²) in [6.07, 6.45) is -5.11. The number of halogens is 3. The Labute approximate surface area is 97.3 Å². The number of piperidine rings is 1. The highest BCUT2D eigenvalue weighted by Crippen LogP contribution is 2.24. The van der Waals surface area contributed by atoms with Crippen LogP contribution in [-0.2, 0) is 9.53 Å². The van der Waals surface area contributed by atoms with Crippen LogP contribution < -0.4 is 0 Å². The zero-order valence-corrected chi connectivity index (χ0v) is 9.54. The van der Waals surface area contributed by atoms with E-state index in [1.54, 1.807) is 0 Å². The molecule has 0 saturated carbocycles. The monoisotopic (exact) mass is 255 g/mol. The van der Waals surface area contributed by atoms with Gasteiger partial charge >= 0.3 is 12.1 Å². The third-order valence-electron chi connectivity index (χ3n) is 2.87. The van der Waals surface area contributed by atoms with Crippen molar-refractivity contribution in [2.45, 2.75) is 37.6 Å². The van der Waals surface area contributed by atoms with E-state index in [0.29, 0.717) is 13.0 Å². The molecular formula is C10H16F3NO3. The third-order valence-corrected chi connectivity index (χ3v) is 2.87. The normalized spacial score (nSPS) is 24.4. The van der Waals surface area contributed by atoms with Crippen molar-refractivity contribution < 1.29 is 27.8 Å². The maximum atomic E-state index is 12.2. The molecule has 0 radical (unpaired) electrons. The van der Waals surface area contributed by atoms with Crippen molar-refractivity contribution in [3.8, 4) is 0 Å². The van der Waals surface area contributed by atoms with Gasteiger partial charge in [-0.3, -0.25) is 9.69 Å². The zero-order valence-electron chi connectivity index (χ0n) is 9.54. The lowest BCUT2D eigenvalue weighted by Gasteiger charge is -2.35. The number of carbonyl (C=O) groups is 1. The molecule has 0 amide bonds. The van der Waals surface area contributed by atoms with Gasteiger partial charge in [0.15, 0.2) is 6.10 Å². The molecule has 1 rings (SSSR count). The molecule has 17 heavy (non-hydrogen) atoms. The van der Waals surface area contributed by atoms with Gasteiger partial charge in [-0.25, -0.2) is 0 Å². The SMILES string of the molecule is COC(=O)C1CCCCN1CC(O)C(F)(F)F. The second-order valence-corrected chi connectivity index (χ2v) is 4.09. The standard InChI is InChI=1S/C10H16F3NO3/c1-17-9(16)7-4-2-3-5-14(7)6-8(15)10(11,12)13/h7-8,15H,2-6H2,1H3. The Hall–Kier alpha value is -0.820. The van der Waals surface area contributed by atoms with Crippen molar-refractivity contribution in [1.29, 1.82) is 0 Å². The van der Waals surface area contributed by atoms with Crippen molar-refractivity contribution in [3.05, 3.63) is 0 Å². The molecule has 1 N–H and O–H groups in total. The van der Waals surface area contributed by atoms with Gasteiger partial charge in [0.2, 0.25) is 0 Å². The van der Waals surface area contributed by atoms with Gasteiger partial charge in [-0.1, -0.05) is 6.42 Å². The number of aliphatic hydroxyl groups is 1. The fourth-order valence-electron chi connectivity index (χ4n) is 1.94. The largest absolute Gasteiger partial charge is 0.468 e. The molecule has 1 heterocycles. The van der Waals surface area contributed by atoms with Crippen molar-refractivity contribution in [2.75, 3.05) is 20.2 Å². The van der Waals surface area contributed by atoms with Crippen LogP contribution in [0.1, 0.15) is 19.3 Å². The van der Waals surface area contributed by atoms with Gasteiger partial charge in [-0.2, -0.15) is 13.2 Å². The summed E-state index contributed by atoms with van der Waals surface area (Å²) in [6.45, 7) is -0.212. The molecule has 4 nitrogen and oxygen atoms in total. The second-order valence-electron chi connectivity index (χ2n) is 4.09. The summed E-state index contributed by atoms with van der Waals surface area (Å²) >= 11 is 0. The predicted molar refractivity (Wildman–Crippen MR) is 53.3 cm³/mol. The van der Waals surface area contributed by atoms with Gasteiger partial charge in [0.05, 0.1) is 7.11 Å². The van der Waals surface area contributed by atoms with Crippen LogP contribution in [0.5, 0.6) is 0 Å². The van der Waals surface area contributed by atoms with Crippen LogP contribution in [0.2, 0.25) is 0 Å². The molecule has 0 spiro atoms. The second kappa shape index (κ2) is 5.68. The van der Waals surface area contributed by atoms with E-state index in [0.717, 1.165) is 12.8 Å². The molecule has 0 aromatic rings. The Morgan fingerprint density at radius 1 is 1.53 bits per heavy atom. The van der Waals surface area contributed by atoms with E-state index in [1.165, 1.54) is 12.0 Å². The number of alkyl halides is 3. The first-order chi connectivity index (χ1) is 7.86. The van der Waals surface area contributed by atoms with Crippen LogP contribution in [0.25, 0.3) is 0 Å². The number of hydrogen-bond donors (Lipinski definition) is 1. The zero-order chi connectivity index (χ0) is 13.1. The van der Waals surface area contributed by atoms with Crippen LogP contribution in [0, 0.1) is 0 Å². The average molecular weight is 255 g/mol. The number of methoxy groups -OCH3 is 1. The van der Waals surface area contributed by atoms with Crippen LogP contribution in [0.3, 0.4) is 0 Å². The Morgan fingerprint density at radius 2 is 2.18 bits per heavy atom. The summed E-state index contributed by atoms with van der Waals surface area (Å²) in [5, 5.41) is 8.99. The van der Waals surface area contributed by atoms with Gasteiger partial charge in [0, 0.05) is 6.54 Å². The van der Waals surface area contributed by atoms with E-state index in [9.17, 15) is 18.0 Å². The van der Waals surface area contributed by atoms with Crippen LogP contribution in [0.4, 0.5) is 13.2 Å². The summed E-state index contributed by atoms with van der Waals surface area (Å²) in [5.74, 6) is -0.543. The van der Waals surface area contributed by atoms with Crippen LogP contribution in [-0.4, -0.2) is 54.5 Å². The quantitative estimate of drug-likeness (QED) is 0.762. The Balaban J connectivity index is 2.63. The number of ether oxygens (including phenoxy) is 1. The van der Waals surface area contributed by atoms with E-state index >= 15 is 0 Å². The van der Waals surface area contributed by atoms with E-state index in [1.807, 2.05) is 0 Å². The van der Waals surface area contributed by atoms with Gasteiger partial charge in [0.25, 0.3) is 0 Å². The molecule has 1 fully saturated rings. The number of rotatable bonds is 3. The molecule has 2 atom stereocenters. The highest BCUT2D eigenvalue weighted by molar-refractivity contribution is 5.75. The average Bonchev–Trinajstić information content (AvgIpc) is 2.27. The maximum Gasteiger partial charge on any atom is 0.415 e. The van der Waals surface area contributed by atoms with Crippen LogP contribution >= 0.6 is 0 Å². The number of esters is 1. The number of nitrogens with zero attached hydrogens (tertiary/aromatic N) is 1. The lowest BCUT2D eigenvalue weighted by molar-refractivity contribution is -0.211. The summed E-state index contributed by atoms with van der Waals surface area (Å²) in [7, 11) is 1.20. The fourth-order valence-corrected chi connectivity index (χ4v) is 1.94. The number of β-amino-alcohol motifs (C(OH)–C–C–N with tert-alkyl or cyclic N) is 1.